The van der Waals surface area contributed by atoms with Crippen LogP contribution < -0.4 is 0 Å². The van der Waals surface area contributed by atoms with Crippen LogP contribution in [0.1, 0.15) is 85.0 Å². The van der Waals surface area contributed by atoms with Gasteiger partial charge in [-0.25, -0.2) is 0 Å². The number of hydrogen-bond acceptors (Lipinski definition) is 5. The van der Waals surface area contributed by atoms with Crippen LogP contribution in [0.2, 0.25) is 0 Å². The molecule has 0 fully saturated rings. The molecule has 5 nitrogen and oxygen atoms in total. The van der Waals surface area contributed by atoms with E-state index in [0.717, 1.165) is 25.8 Å². The van der Waals surface area contributed by atoms with E-state index >= 15 is 0 Å². The molecule has 2 unspecified atom stereocenters. The highest BCUT2D eigenvalue weighted by atomic mass is 16.6. The summed E-state index contributed by atoms with van der Waals surface area (Å²) in [5.41, 5.74) is 0. The van der Waals surface area contributed by atoms with Crippen molar-refractivity contribution in [2.24, 2.45) is 5.92 Å². The van der Waals surface area contributed by atoms with Gasteiger partial charge in [-0.15, -0.1) is 0 Å². The van der Waals surface area contributed by atoms with Crippen LogP contribution in [-0.2, 0) is 19.1 Å². The van der Waals surface area contributed by atoms with Crippen LogP contribution in [0.3, 0.4) is 0 Å². The Hall–Kier alpha value is -1.10. The summed E-state index contributed by atoms with van der Waals surface area (Å²) < 4.78 is 10.6. The van der Waals surface area contributed by atoms with Crippen molar-refractivity contribution in [3.05, 3.63) is 0 Å². The summed E-state index contributed by atoms with van der Waals surface area (Å²) >= 11 is 0. The zero-order chi connectivity index (χ0) is 19.8. The molecule has 0 aliphatic carbocycles. The Morgan fingerprint density at radius 1 is 0.923 bits per heavy atom. The molecule has 154 valence electrons. The van der Waals surface area contributed by atoms with Crippen LogP contribution in [0, 0.1) is 5.92 Å². The van der Waals surface area contributed by atoms with Gasteiger partial charge in [0.2, 0.25) is 0 Å². The number of carbonyl (C=O) groups excluding carboxylic acids is 2. The second-order valence-corrected chi connectivity index (χ2v) is 7.65. The molecule has 0 saturated carbocycles. The smallest absolute Gasteiger partial charge is 0.308 e. The summed E-state index contributed by atoms with van der Waals surface area (Å²) in [7, 11) is 3.96. The van der Waals surface area contributed by atoms with Crippen LogP contribution in [-0.4, -0.2) is 50.2 Å². The van der Waals surface area contributed by atoms with Crippen molar-refractivity contribution in [1.29, 1.82) is 0 Å². The van der Waals surface area contributed by atoms with E-state index in [1.807, 2.05) is 25.9 Å². The number of carbonyl (C=O) groups is 2. The van der Waals surface area contributed by atoms with Crippen molar-refractivity contribution in [3.8, 4) is 0 Å². The molecule has 0 radical (unpaired) electrons. The van der Waals surface area contributed by atoms with Crippen LogP contribution in [0.4, 0.5) is 0 Å². The second kappa shape index (κ2) is 16.1. The number of hydrogen-bond donors (Lipinski definition) is 0. The van der Waals surface area contributed by atoms with Gasteiger partial charge in [-0.05, 0) is 40.4 Å². The summed E-state index contributed by atoms with van der Waals surface area (Å²) in [6.45, 7) is 6.83. The Morgan fingerprint density at radius 3 is 2.08 bits per heavy atom. The Balaban J connectivity index is 3.68. The van der Waals surface area contributed by atoms with E-state index in [1.165, 1.54) is 38.5 Å². The van der Waals surface area contributed by atoms with Crippen molar-refractivity contribution in [1.82, 2.24) is 4.90 Å². The predicted octanol–water partition coefficient (Wildman–Crippen LogP) is 4.58. The van der Waals surface area contributed by atoms with Crippen molar-refractivity contribution >= 4 is 11.9 Å². The van der Waals surface area contributed by atoms with Gasteiger partial charge in [0.15, 0.2) is 0 Å². The highest BCUT2D eigenvalue weighted by Gasteiger charge is 2.17. The van der Waals surface area contributed by atoms with Crippen LogP contribution >= 0.6 is 0 Å². The summed E-state index contributed by atoms with van der Waals surface area (Å²) in [6, 6.07) is 0. The molecule has 0 spiro atoms. The lowest BCUT2D eigenvalue weighted by molar-refractivity contribution is -0.160. The average molecular weight is 372 g/mol. The molecule has 0 aromatic rings. The van der Waals surface area contributed by atoms with Gasteiger partial charge in [-0.3, -0.25) is 9.59 Å². The summed E-state index contributed by atoms with van der Waals surface area (Å²) in [4.78, 5) is 25.8. The molecular formula is C21H41NO4. The lowest BCUT2D eigenvalue weighted by Gasteiger charge is -2.17. The van der Waals surface area contributed by atoms with E-state index in [0.29, 0.717) is 6.42 Å². The molecule has 0 N–H and O–H groups in total. The third-order valence-electron chi connectivity index (χ3n) is 4.44. The lowest BCUT2D eigenvalue weighted by Crippen LogP contribution is -2.26. The highest BCUT2D eigenvalue weighted by Crippen LogP contribution is 2.11. The molecule has 0 aromatic heterocycles. The first kappa shape index (κ1) is 24.9. The molecule has 0 aromatic carbocycles. The minimum atomic E-state index is -0.387. The van der Waals surface area contributed by atoms with Gasteiger partial charge in [-0.2, -0.15) is 0 Å². The maximum atomic E-state index is 11.9. The normalized spacial score (nSPS) is 13.5. The quantitative estimate of drug-likeness (QED) is 0.294. The average Bonchev–Trinajstić information content (AvgIpc) is 2.59. The molecule has 5 heteroatoms. The van der Waals surface area contributed by atoms with Gasteiger partial charge < -0.3 is 14.4 Å². The Kier molecular flexibility index (Phi) is 15.4. The van der Waals surface area contributed by atoms with E-state index < -0.39 is 0 Å². The third-order valence-corrected chi connectivity index (χ3v) is 4.44. The second-order valence-electron chi connectivity index (χ2n) is 7.65. The number of esters is 2. The number of nitrogens with zero attached hydrogens (tertiary/aromatic N) is 1. The van der Waals surface area contributed by atoms with Crippen LogP contribution in [0.5, 0.6) is 0 Å². The first-order valence-corrected chi connectivity index (χ1v) is 10.4. The predicted molar refractivity (Wildman–Crippen MR) is 106 cm³/mol. The van der Waals surface area contributed by atoms with Crippen LogP contribution in [0.25, 0.3) is 0 Å². The fraction of sp³-hybridized carbons (Fsp3) is 0.905. The van der Waals surface area contributed by atoms with Crippen LogP contribution in [0.15, 0.2) is 0 Å². The van der Waals surface area contributed by atoms with Crippen molar-refractivity contribution in [2.75, 3.05) is 27.2 Å². The Morgan fingerprint density at radius 2 is 1.50 bits per heavy atom. The van der Waals surface area contributed by atoms with Crippen molar-refractivity contribution in [2.45, 2.75) is 91.1 Å². The third kappa shape index (κ3) is 15.2. The van der Waals surface area contributed by atoms with Gasteiger partial charge in [0.25, 0.3) is 0 Å². The van der Waals surface area contributed by atoms with Gasteiger partial charge in [0.1, 0.15) is 12.7 Å². The number of rotatable bonds is 16. The molecule has 2 atom stereocenters. The van der Waals surface area contributed by atoms with E-state index in [2.05, 4.69) is 6.92 Å². The fourth-order valence-corrected chi connectivity index (χ4v) is 2.63. The van der Waals surface area contributed by atoms with E-state index in [4.69, 9.17) is 9.47 Å². The largest absolute Gasteiger partial charge is 0.462 e. The van der Waals surface area contributed by atoms with Gasteiger partial charge >= 0.3 is 11.9 Å². The van der Waals surface area contributed by atoms with E-state index in [-0.39, 0.29) is 30.6 Å². The molecule has 0 bridgehead atoms. The lowest BCUT2D eigenvalue weighted by atomic mass is 10.1. The van der Waals surface area contributed by atoms with Gasteiger partial charge in [0.05, 0.1) is 5.92 Å². The zero-order valence-electron chi connectivity index (χ0n) is 17.7. The monoisotopic (exact) mass is 371 g/mol. The molecule has 0 rings (SSSR count). The molecule has 0 aliphatic heterocycles. The SMILES string of the molecule is CCCCCCCCCCC(=O)OC(C)COC(=O)C(C)CCN(C)C. The molecule has 0 aliphatic rings. The highest BCUT2D eigenvalue weighted by molar-refractivity contribution is 5.72. The number of unbranched alkanes of at least 4 members (excludes halogenated alkanes) is 7. The molecule has 26 heavy (non-hydrogen) atoms. The minimum Gasteiger partial charge on any atom is -0.462 e. The zero-order valence-corrected chi connectivity index (χ0v) is 17.7. The first-order valence-electron chi connectivity index (χ1n) is 10.4. The molecule has 0 saturated heterocycles. The minimum absolute atomic E-state index is 0.133. The van der Waals surface area contributed by atoms with E-state index in [9.17, 15) is 9.59 Å². The van der Waals surface area contributed by atoms with Gasteiger partial charge in [-0.1, -0.05) is 58.8 Å². The molecular weight excluding hydrogens is 330 g/mol. The van der Waals surface area contributed by atoms with Crippen molar-refractivity contribution in [3.63, 3.8) is 0 Å². The van der Waals surface area contributed by atoms with Crippen molar-refractivity contribution < 1.29 is 19.1 Å². The summed E-state index contributed by atoms with van der Waals surface area (Å²) in [5, 5.41) is 0. The standard InChI is InChI=1S/C21H41NO4/c1-6-7-8-9-10-11-12-13-14-20(23)26-19(3)17-25-21(24)18(2)15-16-22(4)5/h18-19H,6-17H2,1-5H3. The Labute approximate surface area is 160 Å². The molecule has 0 heterocycles. The van der Waals surface area contributed by atoms with E-state index in [1.54, 1.807) is 6.92 Å². The summed E-state index contributed by atoms with van der Waals surface area (Å²) in [6.07, 6.45) is 10.4. The Bertz CT molecular complexity index is 371. The fourth-order valence-electron chi connectivity index (χ4n) is 2.63. The maximum absolute atomic E-state index is 11.9. The first-order chi connectivity index (χ1) is 12.4. The maximum Gasteiger partial charge on any atom is 0.308 e. The topological polar surface area (TPSA) is 55.8 Å². The molecule has 0 amide bonds. The van der Waals surface area contributed by atoms with Gasteiger partial charge in [0, 0.05) is 6.42 Å². The number of ether oxygens (including phenoxy) is 2. The summed E-state index contributed by atoms with van der Waals surface area (Å²) in [5.74, 6) is -0.560.